The number of methoxy groups -OCH3 is 2. The Kier molecular flexibility index (Phi) is 7.58. The average Bonchev–Trinajstić information content (AvgIpc) is 3.01. The molecule has 2 aromatic rings. The maximum absolute atomic E-state index is 12.6. The van der Waals surface area contributed by atoms with E-state index >= 15 is 0 Å². The van der Waals surface area contributed by atoms with Crippen molar-refractivity contribution in [2.45, 2.75) is 52.5 Å². The van der Waals surface area contributed by atoms with Gasteiger partial charge in [-0.2, -0.15) is 0 Å². The van der Waals surface area contributed by atoms with Crippen LogP contribution in [0.1, 0.15) is 41.8 Å². The first-order chi connectivity index (χ1) is 14.4. The fraction of sp³-hybridized carbons (Fsp3) is 0.565. The molecule has 164 valence electrons. The molecule has 0 bridgehead atoms. The van der Waals surface area contributed by atoms with Gasteiger partial charge in [0.05, 0.1) is 14.2 Å². The molecule has 7 heteroatoms. The number of carbonyl (C=O) groups excluding carboxylic acids is 1. The van der Waals surface area contributed by atoms with Crippen molar-refractivity contribution < 1.29 is 14.3 Å². The predicted molar refractivity (Wildman–Crippen MR) is 120 cm³/mol. The lowest BCUT2D eigenvalue weighted by atomic mass is 9.90. The Hall–Kier alpha value is -2.28. The molecule has 0 saturated carbocycles. The van der Waals surface area contributed by atoms with Crippen LogP contribution in [-0.4, -0.2) is 42.7 Å². The van der Waals surface area contributed by atoms with Crippen molar-refractivity contribution in [1.29, 1.82) is 0 Å². The smallest absolute Gasteiger partial charge is 0.307 e. The topological polar surface area (TPSA) is 60.8 Å². The molecule has 0 atom stereocenters. The van der Waals surface area contributed by atoms with Crippen LogP contribution in [0.5, 0.6) is 11.5 Å². The first kappa shape index (κ1) is 22.4. The summed E-state index contributed by atoms with van der Waals surface area (Å²) in [7, 11) is 3.34. The van der Waals surface area contributed by atoms with E-state index in [0.717, 1.165) is 60.8 Å². The van der Waals surface area contributed by atoms with Crippen LogP contribution in [0.4, 0.5) is 0 Å². The zero-order valence-corrected chi connectivity index (χ0v) is 19.2. The Balaban J connectivity index is 1.45. The van der Waals surface area contributed by atoms with E-state index < -0.39 is 0 Å². The number of benzene rings is 1. The molecule has 30 heavy (non-hydrogen) atoms. The van der Waals surface area contributed by atoms with Crippen molar-refractivity contribution in [1.82, 2.24) is 9.47 Å². The number of hydrogen-bond acceptors (Lipinski definition) is 5. The Bertz CT molecular complexity index is 904. The van der Waals surface area contributed by atoms with Crippen LogP contribution < -0.4 is 14.3 Å². The SMILES string of the molecule is COc1cc(CCC2CCN(C(=O)CCn3c(C)c(C)sc3=O)CC2)cc(OC)c1. The van der Waals surface area contributed by atoms with E-state index in [2.05, 4.69) is 12.1 Å². The highest BCUT2D eigenvalue weighted by molar-refractivity contribution is 7.09. The van der Waals surface area contributed by atoms with E-state index in [0.29, 0.717) is 18.9 Å². The predicted octanol–water partition coefficient (Wildman–Crippen LogP) is 3.81. The zero-order valence-electron chi connectivity index (χ0n) is 18.4. The summed E-state index contributed by atoms with van der Waals surface area (Å²) in [5.74, 6) is 2.41. The molecule has 2 heterocycles. The molecule has 1 aliphatic heterocycles. The Labute approximate surface area is 182 Å². The van der Waals surface area contributed by atoms with Crippen LogP contribution in [0, 0.1) is 19.8 Å². The maximum Gasteiger partial charge on any atom is 0.307 e. The van der Waals surface area contributed by atoms with Crippen molar-refractivity contribution in [3.8, 4) is 11.5 Å². The van der Waals surface area contributed by atoms with Gasteiger partial charge < -0.3 is 18.9 Å². The second-order valence-corrected chi connectivity index (χ2v) is 9.16. The molecule has 0 radical (unpaired) electrons. The van der Waals surface area contributed by atoms with Crippen LogP contribution in [-0.2, 0) is 17.8 Å². The largest absolute Gasteiger partial charge is 0.497 e. The fourth-order valence-corrected chi connectivity index (χ4v) is 4.92. The van der Waals surface area contributed by atoms with Gasteiger partial charge in [0.1, 0.15) is 11.5 Å². The summed E-state index contributed by atoms with van der Waals surface area (Å²) in [5.41, 5.74) is 2.20. The Morgan fingerprint density at radius 2 is 1.73 bits per heavy atom. The number of thiazole rings is 1. The third-order valence-electron chi connectivity index (χ3n) is 6.14. The first-order valence-corrected chi connectivity index (χ1v) is 11.4. The minimum Gasteiger partial charge on any atom is -0.497 e. The number of rotatable bonds is 8. The van der Waals surface area contributed by atoms with Crippen LogP contribution in [0.2, 0.25) is 0 Å². The first-order valence-electron chi connectivity index (χ1n) is 10.6. The number of hydrogen-bond donors (Lipinski definition) is 0. The van der Waals surface area contributed by atoms with Gasteiger partial charge in [0.2, 0.25) is 5.91 Å². The lowest BCUT2D eigenvalue weighted by Gasteiger charge is -2.32. The van der Waals surface area contributed by atoms with Gasteiger partial charge in [-0.15, -0.1) is 0 Å². The molecule has 1 aliphatic rings. The molecular weight excluding hydrogens is 400 g/mol. The van der Waals surface area contributed by atoms with Gasteiger partial charge in [0.15, 0.2) is 0 Å². The van der Waals surface area contributed by atoms with Crippen molar-refractivity contribution in [3.63, 3.8) is 0 Å². The van der Waals surface area contributed by atoms with E-state index in [1.165, 1.54) is 16.9 Å². The summed E-state index contributed by atoms with van der Waals surface area (Å²) in [6.45, 7) is 5.99. The van der Waals surface area contributed by atoms with Crippen molar-refractivity contribution in [2.75, 3.05) is 27.3 Å². The summed E-state index contributed by atoms with van der Waals surface area (Å²) in [6.07, 6.45) is 4.53. The highest BCUT2D eigenvalue weighted by Gasteiger charge is 2.23. The van der Waals surface area contributed by atoms with Gasteiger partial charge in [-0.1, -0.05) is 11.3 Å². The Morgan fingerprint density at radius 3 is 2.27 bits per heavy atom. The number of piperidine rings is 1. The highest BCUT2D eigenvalue weighted by Crippen LogP contribution is 2.27. The van der Waals surface area contributed by atoms with Crippen LogP contribution in [0.25, 0.3) is 0 Å². The number of carbonyl (C=O) groups is 1. The molecule has 1 aromatic heterocycles. The second kappa shape index (κ2) is 10.2. The zero-order chi connectivity index (χ0) is 21.7. The monoisotopic (exact) mass is 432 g/mol. The molecular formula is C23H32N2O4S. The number of amides is 1. The fourth-order valence-electron chi connectivity index (χ4n) is 4.06. The van der Waals surface area contributed by atoms with Crippen LogP contribution >= 0.6 is 11.3 Å². The van der Waals surface area contributed by atoms with E-state index in [1.54, 1.807) is 18.8 Å². The van der Waals surface area contributed by atoms with E-state index in [1.807, 2.05) is 24.8 Å². The number of aryl methyl sites for hydroxylation is 2. The summed E-state index contributed by atoms with van der Waals surface area (Å²) in [4.78, 5) is 27.6. The number of likely N-dealkylation sites (tertiary alicyclic amines) is 1. The minimum absolute atomic E-state index is 0.0330. The summed E-state index contributed by atoms with van der Waals surface area (Å²) < 4.78 is 12.4. The van der Waals surface area contributed by atoms with Gasteiger partial charge >= 0.3 is 4.87 Å². The summed E-state index contributed by atoms with van der Waals surface area (Å²) >= 11 is 1.26. The quantitative estimate of drug-likeness (QED) is 0.637. The molecule has 3 rings (SSSR count). The third kappa shape index (κ3) is 5.45. The molecule has 0 N–H and O–H groups in total. The molecule has 0 spiro atoms. The molecule has 0 unspecified atom stereocenters. The minimum atomic E-state index is 0.0330. The average molecular weight is 433 g/mol. The van der Waals surface area contributed by atoms with Crippen LogP contribution in [0.3, 0.4) is 0 Å². The van der Waals surface area contributed by atoms with Gasteiger partial charge in [0, 0.05) is 42.7 Å². The van der Waals surface area contributed by atoms with Crippen LogP contribution in [0.15, 0.2) is 23.0 Å². The molecule has 1 amide bonds. The highest BCUT2D eigenvalue weighted by atomic mass is 32.1. The Morgan fingerprint density at radius 1 is 1.10 bits per heavy atom. The molecule has 1 aromatic carbocycles. The van der Waals surface area contributed by atoms with Gasteiger partial charge in [-0.05, 0) is 63.1 Å². The van der Waals surface area contributed by atoms with Crippen molar-refractivity contribution in [2.24, 2.45) is 5.92 Å². The molecule has 0 aliphatic carbocycles. The van der Waals surface area contributed by atoms with Crippen molar-refractivity contribution >= 4 is 17.2 Å². The van der Waals surface area contributed by atoms with Gasteiger partial charge in [-0.3, -0.25) is 9.59 Å². The maximum atomic E-state index is 12.6. The third-order valence-corrected chi connectivity index (χ3v) is 7.14. The number of nitrogens with zero attached hydrogens (tertiary/aromatic N) is 2. The summed E-state index contributed by atoms with van der Waals surface area (Å²) in [6, 6.07) is 6.02. The second-order valence-electron chi connectivity index (χ2n) is 7.99. The van der Waals surface area contributed by atoms with Gasteiger partial charge in [0.25, 0.3) is 0 Å². The molecule has 6 nitrogen and oxygen atoms in total. The number of aromatic nitrogens is 1. The standard InChI is InChI=1S/C23H32N2O4S/c1-16-17(2)30-23(27)25(16)12-9-22(26)24-10-7-18(8-11-24)5-6-19-13-20(28-3)15-21(14-19)29-4/h13-15,18H,5-12H2,1-4H3. The normalized spacial score (nSPS) is 14.7. The number of ether oxygens (including phenoxy) is 2. The molecule has 1 saturated heterocycles. The van der Waals surface area contributed by atoms with E-state index in [9.17, 15) is 9.59 Å². The summed E-state index contributed by atoms with van der Waals surface area (Å²) in [5, 5.41) is 0. The molecule has 1 fully saturated rings. The van der Waals surface area contributed by atoms with Crippen molar-refractivity contribution in [3.05, 3.63) is 44.0 Å². The lowest BCUT2D eigenvalue weighted by Crippen LogP contribution is -2.39. The van der Waals surface area contributed by atoms with Gasteiger partial charge in [-0.25, -0.2) is 0 Å². The lowest BCUT2D eigenvalue weighted by molar-refractivity contribution is -0.132. The van der Waals surface area contributed by atoms with E-state index in [4.69, 9.17) is 9.47 Å². The van der Waals surface area contributed by atoms with E-state index in [-0.39, 0.29) is 10.8 Å².